The summed E-state index contributed by atoms with van der Waals surface area (Å²) in [4.78, 5) is 8.39. The Morgan fingerprint density at radius 1 is 1.35 bits per heavy atom. The molecule has 0 atom stereocenters. The number of aryl methyl sites for hydroxylation is 1. The zero-order valence-electron chi connectivity index (χ0n) is 10.6. The van der Waals surface area contributed by atoms with Crippen molar-refractivity contribution in [3.63, 3.8) is 0 Å². The van der Waals surface area contributed by atoms with E-state index < -0.39 is 0 Å². The van der Waals surface area contributed by atoms with Crippen LogP contribution in [0.15, 0.2) is 35.1 Å². The van der Waals surface area contributed by atoms with Crippen molar-refractivity contribution in [2.24, 2.45) is 0 Å². The topological polar surface area (TPSA) is 55.1 Å². The van der Waals surface area contributed by atoms with Gasteiger partial charge in [0.15, 0.2) is 0 Å². The van der Waals surface area contributed by atoms with Gasteiger partial charge in [-0.25, -0.2) is 4.98 Å². The van der Waals surface area contributed by atoms with Gasteiger partial charge in [0.25, 0.3) is 5.78 Å². The summed E-state index contributed by atoms with van der Waals surface area (Å²) in [5.41, 5.74) is 1.90. The Labute approximate surface area is 129 Å². The molecule has 1 aromatic carbocycles. The number of nitrogens with zero attached hydrogens (tertiary/aromatic N) is 4. The maximum absolute atomic E-state index is 6.21. The van der Waals surface area contributed by atoms with E-state index >= 15 is 0 Å². The number of hydrogen-bond acceptors (Lipinski definition) is 4. The molecule has 0 saturated carbocycles. The molecule has 2 aromatic heterocycles. The standard InChI is InChI=1S/C13H11BrClN5/c1-8-4-12(20-13(19-8)17-7-18-20)16-6-9-2-3-10(14)5-11(9)15/h2-5,7,16H,6H2,1H3. The molecule has 20 heavy (non-hydrogen) atoms. The fraction of sp³-hybridized carbons (Fsp3) is 0.154. The summed E-state index contributed by atoms with van der Waals surface area (Å²) in [5.74, 6) is 1.42. The van der Waals surface area contributed by atoms with Crippen LogP contribution in [0.5, 0.6) is 0 Å². The summed E-state index contributed by atoms with van der Waals surface area (Å²) in [6, 6.07) is 7.74. The van der Waals surface area contributed by atoms with Crippen LogP contribution in [0.25, 0.3) is 5.78 Å². The predicted molar refractivity (Wildman–Crippen MR) is 82.0 cm³/mol. The van der Waals surface area contributed by atoms with Crippen molar-refractivity contribution in [3.05, 3.63) is 51.3 Å². The van der Waals surface area contributed by atoms with Crippen LogP contribution in [0, 0.1) is 6.92 Å². The zero-order chi connectivity index (χ0) is 14.1. The second-order valence-electron chi connectivity index (χ2n) is 4.34. The second kappa shape index (κ2) is 5.38. The van der Waals surface area contributed by atoms with Crippen LogP contribution in [0.1, 0.15) is 11.3 Å². The van der Waals surface area contributed by atoms with E-state index in [4.69, 9.17) is 11.6 Å². The molecule has 0 spiro atoms. The van der Waals surface area contributed by atoms with Crippen LogP contribution in [0.3, 0.4) is 0 Å². The van der Waals surface area contributed by atoms with Gasteiger partial charge in [0.1, 0.15) is 12.1 Å². The monoisotopic (exact) mass is 351 g/mol. The van der Waals surface area contributed by atoms with Crippen LogP contribution < -0.4 is 5.32 Å². The van der Waals surface area contributed by atoms with Crippen molar-refractivity contribution in [1.82, 2.24) is 19.6 Å². The minimum Gasteiger partial charge on any atom is -0.366 e. The molecule has 3 aromatic rings. The number of nitrogens with one attached hydrogen (secondary N) is 1. The highest BCUT2D eigenvalue weighted by Gasteiger charge is 2.06. The normalized spacial score (nSPS) is 10.9. The van der Waals surface area contributed by atoms with E-state index in [2.05, 4.69) is 36.3 Å². The molecule has 1 N–H and O–H groups in total. The zero-order valence-corrected chi connectivity index (χ0v) is 13.0. The van der Waals surface area contributed by atoms with Gasteiger partial charge in [-0.05, 0) is 24.6 Å². The van der Waals surface area contributed by atoms with Gasteiger partial charge in [-0.3, -0.25) is 0 Å². The highest BCUT2D eigenvalue weighted by atomic mass is 79.9. The molecule has 0 saturated heterocycles. The van der Waals surface area contributed by atoms with Gasteiger partial charge in [0, 0.05) is 27.8 Å². The average Bonchev–Trinajstić information content (AvgIpc) is 2.85. The van der Waals surface area contributed by atoms with E-state index in [0.29, 0.717) is 17.3 Å². The number of fused-ring (bicyclic) bond motifs is 1. The van der Waals surface area contributed by atoms with Crippen LogP contribution in [-0.4, -0.2) is 19.6 Å². The third-order valence-electron chi connectivity index (χ3n) is 2.85. The first-order valence-corrected chi connectivity index (χ1v) is 7.16. The lowest BCUT2D eigenvalue weighted by Gasteiger charge is -2.10. The number of rotatable bonds is 3. The van der Waals surface area contributed by atoms with Crippen molar-refractivity contribution in [2.75, 3.05) is 5.32 Å². The SMILES string of the molecule is Cc1cc(NCc2ccc(Br)cc2Cl)n2ncnc2n1. The predicted octanol–water partition coefficient (Wildman–Crippen LogP) is 3.46. The van der Waals surface area contributed by atoms with Crippen LogP contribution in [0.2, 0.25) is 5.02 Å². The third-order valence-corrected chi connectivity index (χ3v) is 3.70. The fourth-order valence-electron chi connectivity index (χ4n) is 1.91. The molecule has 0 amide bonds. The Kier molecular flexibility index (Phi) is 3.58. The van der Waals surface area contributed by atoms with Gasteiger partial charge in [0.2, 0.25) is 0 Å². The minimum atomic E-state index is 0.578. The molecule has 0 aliphatic rings. The largest absolute Gasteiger partial charge is 0.366 e. The van der Waals surface area contributed by atoms with Gasteiger partial charge < -0.3 is 5.32 Å². The molecular weight excluding hydrogens is 342 g/mol. The van der Waals surface area contributed by atoms with Gasteiger partial charge in [-0.1, -0.05) is 33.6 Å². The van der Waals surface area contributed by atoms with E-state index in [1.54, 1.807) is 4.52 Å². The van der Waals surface area contributed by atoms with Crippen molar-refractivity contribution >= 4 is 39.1 Å². The molecule has 0 fully saturated rings. The molecule has 102 valence electrons. The van der Waals surface area contributed by atoms with Crippen molar-refractivity contribution in [3.8, 4) is 0 Å². The first kappa shape index (κ1) is 13.3. The van der Waals surface area contributed by atoms with E-state index in [-0.39, 0.29) is 0 Å². The van der Waals surface area contributed by atoms with E-state index in [9.17, 15) is 0 Å². The first-order valence-electron chi connectivity index (χ1n) is 5.98. The van der Waals surface area contributed by atoms with Gasteiger partial charge >= 0.3 is 0 Å². The third kappa shape index (κ3) is 2.62. The number of hydrogen-bond donors (Lipinski definition) is 1. The van der Waals surface area contributed by atoms with E-state index in [0.717, 1.165) is 21.5 Å². The molecule has 0 bridgehead atoms. The Balaban J connectivity index is 1.88. The molecule has 0 radical (unpaired) electrons. The number of aromatic nitrogens is 4. The molecule has 3 rings (SSSR count). The molecule has 5 nitrogen and oxygen atoms in total. The first-order chi connectivity index (χ1) is 9.63. The second-order valence-corrected chi connectivity index (χ2v) is 5.67. The maximum Gasteiger partial charge on any atom is 0.254 e. The summed E-state index contributed by atoms with van der Waals surface area (Å²) >= 11 is 9.60. The molecule has 2 heterocycles. The van der Waals surface area contributed by atoms with Crippen LogP contribution in [-0.2, 0) is 6.54 Å². The molecule has 0 aliphatic carbocycles. The number of anilines is 1. The lowest BCUT2D eigenvalue weighted by Crippen LogP contribution is -2.07. The minimum absolute atomic E-state index is 0.578. The molecule has 7 heteroatoms. The van der Waals surface area contributed by atoms with Gasteiger partial charge in [-0.2, -0.15) is 14.6 Å². The Morgan fingerprint density at radius 3 is 3.00 bits per heavy atom. The van der Waals surface area contributed by atoms with E-state index in [1.807, 2.05) is 31.2 Å². The lowest BCUT2D eigenvalue weighted by molar-refractivity contribution is 0.916. The summed E-state index contributed by atoms with van der Waals surface area (Å²) in [7, 11) is 0. The Bertz CT molecular complexity index is 771. The van der Waals surface area contributed by atoms with Crippen molar-refractivity contribution in [1.29, 1.82) is 0 Å². The van der Waals surface area contributed by atoms with E-state index in [1.165, 1.54) is 6.33 Å². The number of halogens is 2. The summed E-state index contributed by atoms with van der Waals surface area (Å²) < 4.78 is 2.63. The molecule has 0 unspecified atom stereocenters. The maximum atomic E-state index is 6.21. The Morgan fingerprint density at radius 2 is 2.20 bits per heavy atom. The summed E-state index contributed by atoms with van der Waals surface area (Å²) in [6.45, 7) is 2.52. The fourth-order valence-corrected chi connectivity index (χ4v) is 2.65. The smallest absolute Gasteiger partial charge is 0.254 e. The Hall–Kier alpha value is -1.66. The molecule has 0 aliphatic heterocycles. The average molecular weight is 353 g/mol. The number of benzene rings is 1. The summed E-state index contributed by atoms with van der Waals surface area (Å²) in [6.07, 6.45) is 1.49. The van der Waals surface area contributed by atoms with Crippen molar-refractivity contribution in [2.45, 2.75) is 13.5 Å². The summed E-state index contributed by atoms with van der Waals surface area (Å²) in [5, 5.41) is 8.18. The highest BCUT2D eigenvalue weighted by Crippen LogP contribution is 2.22. The van der Waals surface area contributed by atoms with Crippen molar-refractivity contribution < 1.29 is 0 Å². The van der Waals surface area contributed by atoms with Crippen LogP contribution in [0.4, 0.5) is 5.82 Å². The highest BCUT2D eigenvalue weighted by molar-refractivity contribution is 9.10. The van der Waals surface area contributed by atoms with Crippen LogP contribution >= 0.6 is 27.5 Å². The van der Waals surface area contributed by atoms with Gasteiger partial charge in [-0.15, -0.1) is 0 Å². The molecular formula is C13H11BrClN5. The quantitative estimate of drug-likeness (QED) is 0.784. The van der Waals surface area contributed by atoms with Gasteiger partial charge in [0.05, 0.1) is 0 Å². The lowest BCUT2D eigenvalue weighted by atomic mass is 10.2.